The summed E-state index contributed by atoms with van der Waals surface area (Å²) in [7, 11) is 0. The van der Waals surface area contributed by atoms with E-state index < -0.39 is 0 Å². The Morgan fingerprint density at radius 1 is 1.38 bits per heavy atom. The minimum Gasteiger partial charge on any atom is -0.494 e. The summed E-state index contributed by atoms with van der Waals surface area (Å²) in [6, 6.07) is 5.44. The molecule has 2 rings (SSSR count). The molecule has 24 heavy (non-hydrogen) atoms. The van der Waals surface area contributed by atoms with Crippen molar-refractivity contribution in [2.24, 2.45) is 5.10 Å². The van der Waals surface area contributed by atoms with Gasteiger partial charge in [0.2, 0.25) is 0 Å². The van der Waals surface area contributed by atoms with Crippen LogP contribution in [0.3, 0.4) is 0 Å². The number of nitrogens with two attached hydrogens (primary N) is 1. The van der Waals surface area contributed by atoms with Crippen LogP contribution in [0.15, 0.2) is 23.3 Å². The number of nitrogens with zero attached hydrogens (tertiary/aromatic N) is 2. The zero-order valence-corrected chi connectivity index (χ0v) is 14.6. The van der Waals surface area contributed by atoms with Gasteiger partial charge in [-0.15, -0.1) is 0 Å². The van der Waals surface area contributed by atoms with Gasteiger partial charge in [-0.1, -0.05) is 11.3 Å². The SMILES string of the molecule is CCOc1ccc(/C=N\NC(=O)c2sc(N)nc2C)c(OCC)c1. The van der Waals surface area contributed by atoms with E-state index in [-0.39, 0.29) is 5.91 Å². The lowest BCUT2D eigenvalue weighted by molar-refractivity contribution is 0.0958. The predicted molar refractivity (Wildman–Crippen MR) is 95.1 cm³/mol. The number of amides is 1. The van der Waals surface area contributed by atoms with Crippen molar-refractivity contribution in [1.82, 2.24) is 10.4 Å². The summed E-state index contributed by atoms with van der Waals surface area (Å²) in [6.07, 6.45) is 1.53. The van der Waals surface area contributed by atoms with E-state index in [0.717, 1.165) is 22.6 Å². The fraction of sp³-hybridized carbons (Fsp3) is 0.312. The van der Waals surface area contributed by atoms with Gasteiger partial charge in [-0.3, -0.25) is 4.79 Å². The van der Waals surface area contributed by atoms with E-state index in [1.165, 1.54) is 6.21 Å². The van der Waals surface area contributed by atoms with Gasteiger partial charge in [0.25, 0.3) is 5.91 Å². The first-order valence-corrected chi connectivity index (χ1v) is 8.32. The number of benzene rings is 1. The third kappa shape index (κ3) is 4.45. The van der Waals surface area contributed by atoms with Crippen LogP contribution in [0.2, 0.25) is 0 Å². The quantitative estimate of drug-likeness (QED) is 0.592. The molecule has 0 spiro atoms. The average molecular weight is 348 g/mol. The monoisotopic (exact) mass is 348 g/mol. The molecule has 0 fully saturated rings. The number of nitrogens with one attached hydrogen (secondary N) is 1. The van der Waals surface area contributed by atoms with Gasteiger partial charge in [-0.05, 0) is 32.9 Å². The topological polar surface area (TPSA) is 98.8 Å². The Morgan fingerprint density at radius 3 is 2.75 bits per heavy atom. The van der Waals surface area contributed by atoms with Crippen molar-refractivity contribution >= 4 is 28.6 Å². The summed E-state index contributed by atoms with van der Waals surface area (Å²) in [5, 5.41) is 4.33. The molecule has 1 aromatic carbocycles. The lowest BCUT2D eigenvalue weighted by Gasteiger charge is -2.09. The molecule has 0 atom stereocenters. The second-order valence-electron chi connectivity index (χ2n) is 4.73. The minimum absolute atomic E-state index is 0.346. The maximum absolute atomic E-state index is 12.1. The predicted octanol–water partition coefficient (Wildman–Crippen LogP) is 2.60. The third-order valence-corrected chi connectivity index (χ3v) is 3.97. The zero-order valence-electron chi connectivity index (χ0n) is 13.8. The van der Waals surface area contributed by atoms with Crippen LogP contribution in [-0.2, 0) is 0 Å². The van der Waals surface area contributed by atoms with Gasteiger partial charge in [0.15, 0.2) is 5.13 Å². The van der Waals surface area contributed by atoms with Gasteiger partial charge in [-0.2, -0.15) is 5.10 Å². The number of hydrogen-bond acceptors (Lipinski definition) is 7. The smallest absolute Gasteiger partial charge is 0.283 e. The molecule has 0 radical (unpaired) electrons. The molecular formula is C16H20N4O3S. The van der Waals surface area contributed by atoms with Crippen LogP contribution in [0.4, 0.5) is 5.13 Å². The lowest BCUT2D eigenvalue weighted by Crippen LogP contribution is -2.17. The summed E-state index contributed by atoms with van der Waals surface area (Å²) >= 11 is 1.13. The summed E-state index contributed by atoms with van der Waals surface area (Å²) in [5.74, 6) is 1.01. The number of anilines is 1. The number of hydrazone groups is 1. The van der Waals surface area contributed by atoms with Gasteiger partial charge in [0.1, 0.15) is 16.4 Å². The number of carbonyl (C=O) groups excluding carboxylic acids is 1. The normalized spacial score (nSPS) is 10.8. The molecule has 0 saturated carbocycles. The van der Waals surface area contributed by atoms with Crippen LogP contribution < -0.4 is 20.6 Å². The van der Waals surface area contributed by atoms with Gasteiger partial charge in [0, 0.05) is 11.6 Å². The van der Waals surface area contributed by atoms with E-state index in [4.69, 9.17) is 15.2 Å². The Balaban J connectivity index is 2.10. The number of carbonyl (C=O) groups is 1. The molecule has 0 unspecified atom stereocenters. The third-order valence-electron chi connectivity index (χ3n) is 2.98. The van der Waals surface area contributed by atoms with E-state index >= 15 is 0 Å². The molecule has 0 bridgehead atoms. The van der Waals surface area contributed by atoms with Crippen molar-refractivity contribution in [2.45, 2.75) is 20.8 Å². The largest absolute Gasteiger partial charge is 0.494 e. The van der Waals surface area contributed by atoms with Crippen molar-refractivity contribution in [3.63, 3.8) is 0 Å². The van der Waals surface area contributed by atoms with Crippen molar-refractivity contribution < 1.29 is 14.3 Å². The maximum Gasteiger partial charge on any atom is 0.283 e. The van der Waals surface area contributed by atoms with Crippen LogP contribution >= 0.6 is 11.3 Å². The molecule has 2 aromatic rings. The molecule has 128 valence electrons. The molecule has 0 aliphatic heterocycles. The van der Waals surface area contributed by atoms with Gasteiger partial charge in [0.05, 0.1) is 25.1 Å². The number of rotatable bonds is 7. The Bertz CT molecular complexity index is 743. The van der Waals surface area contributed by atoms with Crippen LogP contribution in [0.1, 0.15) is 34.8 Å². The van der Waals surface area contributed by atoms with E-state index in [1.54, 1.807) is 13.0 Å². The number of nitrogen functional groups attached to an aromatic ring is 1. The van der Waals surface area contributed by atoms with E-state index in [2.05, 4.69) is 15.5 Å². The number of aryl methyl sites for hydroxylation is 1. The first kappa shape index (κ1) is 17.7. The molecule has 0 aliphatic rings. The van der Waals surface area contributed by atoms with E-state index in [0.29, 0.717) is 34.7 Å². The highest BCUT2D eigenvalue weighted by Gasteiger charge is 2.13. The fourth-order valence-electron chi connectivity index (χ4n) is 2.00. The Labute approximate surface area is 144 Å². The van der Waals surface area contributed by atoms with Crippen molar-refractivity contribution in [2.75, 3.05) is 18.9 Å². The minimum atomic E-state index is -0.346. The highest BCUT2D eigenvalue weighted by atomic mass is 32.1. The molecule has 3 N–H and O–H groups in total. The number of aromatic nitrogens is 1. The van der Waals surface area contributed by atoms with Crippen LogP contribution in [0.5, 0.6) is 11.5 Å². The molecule has 1 aromatic heterocycles. The van der Waals surface area contributed by atoms with Crippen molar-refractivity contribution in [3.05, 3.63) is 34.3 Å². The molecule has 0 saturated heterocycles. The first-order valence-electron chi connectivity index (χ1n) is 7.51. The highest BCUT2D eigenvalue weighted by Crippen LogP contribution is 2.24. The molecular weight excluding hydrogens is 328 g/mol. The standard InChI is InChI=1S/C16H20N4O3S/c1-4-22-12-7-6-11(13(8-12)23-5-2)9-18-20-15(21)14-10(3)19-16(17)24-14/h6-9H,4-5H2,1-3H3,(H2,17,19)(H,20,21)/b18-9-. The number of thiazole rings is 1. The van der Waals surface area contributed by atoms with Gasteiger partial charge >= 0.3 is 0 Å². The second-order valence-corrected chi connectivity index (χ2v) is 5.76. The zero-order chi connectivity index (χ0) is 17.5. The molecule has 7 nitrogen and oxygen atoms in total. The summed E-state index contributed by atoms with van der Waals surface area (Å²) in [5.41, 5.74) is 9.38. The van der Waals surface area contributed by atoms with Gasteiger partial charge < -0.3 is 15.2 Å². The Morgan fingerprint density at radius 2 is 2.12 bits per heavy atom. The summed E-state index contributed by atoms with van der Waals surface area (Å²) in [6.45, 7) is 6.63. The van der Waals surface area contributed by atoms with Crippen LogP contribution in [0.25, 0.3) is 0 Å². The van der Waals surface area contributed by atoms with Crippen molar-refractivity contribution in [3.8, 4) is 11.5 Å². The molecule has 0 aliphatic carbocycles. The maximum atomic E-state index is 12.1. The number of ether oxygens (including phenoxy) is 2. The highest BCUT2D eigenvalue weighted by molar-refractivity contribution is 7.17. The fourth-order valence-corrected chi connectivity index (χ4v) is 2.72. The summed E-state index contributed by atoms with van der Waals surface area (Å²) < 4.78 is 11.0. The Kier molecular flexibility index (Phi) is 6.14. The second kappa shape index (κ2) is 8.30. The summed E-state index contributed by atoms with van der Waals surface area (Å²) in [4.78, 5) is 16.5. The first-order chi connectivity index (χ1) is 11.5. The molecule has 8 heteroatoms. The average Bonchev–Trinajstić information content (AvgIpc) is 2.88. The van der Waals surface area contributed by atoms with Crippen molar-refractivity contribution in [1.29, 1.82) is 0 Å². The molecule has 1 heterocycles. The van der Waals surface area contributed by atoms with E-state index in [1.807, 2.05) is 26.0 Å². The lowest BCUT2D eigenvalue weighted by atomic mass is 10.2. The van der Waals surface area contributed by atoms with Gasteiger partial charge in [-0.25, -0.2) is 10.4 Å². The molecule has 1 amide bonds. The van der Waals surface area contributed by atoms with E-state index in [9.17, 15) is 4.79 Å². The van der Waals surface area contributed by atoms with Crippen LogP contribution in [0, 0.1) is 6.92 Å². The van der Waals surface area contributed by atoms with Crippen LogP contribution in [-0.4, -0.2) is 30.3 Å². The number of hydrogen-bond donors (Lipinski definition) is 2. The Hall–Kier alpha value is -2.61.